The van der Waals surface area contributed by atoms with Gasteiger partial charge < -0.3 is 19.5 Å². The third-order valence-corrected chi connectivity index (χ3v) is 4.71. The molecule has 30 heavy (non-hydrogen) atoms. The fraction of sp³-hybridized carbons (Fsp3) is 0.174. The molecule has 1 atom stereocenters. The standard InChI is InChI=1S/C23H21N3O4/c1-15(27)26-20(11-17-12-24-19-10-6-5-9-18(17)19)23(28)29-14-22-25-13-21(30-22)16-7-3-2-4-8-16/h2-10,12-13,20,24H,11,14H2,1H3,(H,26,27)/t20-/m0/s1. The zero-order valence-electron chi connectivity index (χ0n) is 16.4. The quantitative estimate of drug-likeness (QED) is 0.460. The molecule has 2 heterocycles. The number of nitrogens with zero attached hydrogens (tertiary/aromatic N) is 1. The topological polar surface area (TPSA) is 97.2 Å². The maximum Gasteiger partial charge on any atom is 0.329 e. The van der Waals surface area contributed by atoms with Crippen LogP contribution in [0, 0.1) is 0 Å². The summed E-state index contributed by atoms with van der Waals surface area (Å²) in [5, 5.41) is 3.67. The Morgan fingerprint density at radius 3 is 2.70 bits per heavy atom. The zero-order chi connectivity index (χ0) is 20.9. The summed E-state index contributed by atoms with van der Waals surface area (Å²) in [7, 11) is 0. The second-order valence-electron chi connectivity index (χ2n) is 6.91. The van der Waals surface area contributed by atoms with Gasteiger partial charge in [0.25, 0.3) is 0 Å². The van der Waals surface area contributed by atoms with Crippen LogP contribution in [0.1, 0.15) is 18.4 Å². The van der Waals surface area contributed by atoms with E-state index in [2.05, 4.69) is 15.3 Å². The smallest absolute Gasteiger partial charge is 0.329 e. The molecule has 4 rings (SSSR count). The fourth-order valence-electron chi connectivity index (χ4n) is 3.31. The number of nitrogens with one attached hydrogen (secondary N) is 2. The van der Waals surface area contributed by atoms with Crippen LogP contribution < -0.4 is 5.32 Å². The van der Waals surface area contributed by atoms with Gasteiger partial charge in [0.2, 0.25) is 11.8 Å². The molecule has 152 valence electrons. The molecule has 0 radical (unpaired) electrons. The first-order valence-electron chi connectivity index (χ1n) is 9.59. The highest BCUT2D eigenvalue weighted by molar-refractivity contribution is 5.86. The lowest BCUT2D eigenvalue weighted by atomic mass is 10.0. The van der Waals surface area contributed by atoms with E-state index in [-0.39, 0.29) is 18.4 Å². The number of H-pyrrole nitrogens is 1. The van der Waals surface area contributed by atoms with Crippen LogP contribution in [0.25, 0.3) is 22.2 Å². The van der Waals surface area contributed by atoms with Crippen molar-refractivity contribution in [2.75, 3.05) is 0 Å². The number of para-hydroxylation sites is 1. The fourth-order valence-corrected chi connectivity index (χ4v) is 3.31. The number of rotatable bonds is 7. The number of esters is 1. The molecular formula is C23H21N3O4. The maximum absolute atomic E-state index is 12.7. The van der Waals surface area contributed by atoms with Gasteiger partial charge in [-0.1, -0.05) is 48.5 Å². The number of fused-ring (bicyclic) bond motifs is 1. The molecule has 4 aromatic rings. The van der Waals surface area contributed by atoms with Crippen molar-refractivity contribution in [3.63, 3.8) is 0 Å². The number of carbonyl (C=O) groups excluding carboxylic acids is 2. The van der Waals surface area contributed by atoms with Crippen molar-refractivity contribution in [2.45, 2.75) is 26.0 Å². The van der Waals surface area contributed by atoms with Crippen molar-refractivity contribution in [1.29, 1.82) is 0 Å². The minimum Gasteiger partial charge on any atom is -0.454 e. The van der Waals surface area contributed by atoms with Crippen LogP contribution in [0.15, 0.2) is 71.4 Å². The number of oxazole rings is 1. The molecule has 0 aliphatic rings. The third kappa shape index (κ3) is 4.41. The first-order chi connectivity index (χ1) is 14.6. The Balaban J connectivity index is 1.44. The highest BCUT2D eigenvalue weighted by atomic mass is 16.5. The molecule has 1 amide bonds. The van der Waals surface area contributed by atoms with Crippen molar-refractivity contribution >= 4 is 22.8 Å². The van der Waals surface area contributed by atoms with E-state index in [0.29, 0.717) is 12.2 Å². The van der Waals surface area contributed by atoms with Crippen molar-refractivity contribution in [3.8, 4) is 11.3 Å². The van der Waals surface area contributed by atoms with Crippen molar-refractivity contribution < 1.29 is 18.7 Å². The number of carbonyl (C=O) groups is 2. The Labute approximate surface area is 173 Å². The summed E-state index contributed by atoms with van der Waals surface area (Å²) in [6, 6.07) is 16.5. The van der Waals surface area contributed by atoms with E-state index < -0.39 is 12.0 Å². The minimum absolute atomic E-state index is 0.115. The summed E-state index contributed by atoms with van der Waals surface area (Å²) in [6.07, 6.45) is 3.74. The van der Waals surface area contributed by atoms with Gasteiger partial charge in [0, 0.05) is 36.0 Å². The Kier molecular flexibility index (Phi) is 5.61. The number of aromatic nitrogens is 2. The molecule has 7 nitrogen and oxygen atoms in total. The third-order valence-electron chi connectivity index (χ3n) is 4.71. The van der Waals surface area contributed by atoms with Crippen LogP contribution in [-0.4, -0.2) is 27.9 Å². The lowest BCUT2D eigenvalue weighted by Gasteiger charge is -2.16. The summed E-state index contributed by atoms with van der Waals surface area (Å²) < 4.78 is 11.0. The van der Waals surface area contributed by atoms with E-state index in [0.717, 1.165) is 22.0 Å². The van der Waals surface area contributed by atoms with Gasteiger partial charge in [-0.05, 0) is 11.6 Å². The normalized spacial score (nSPS) is 11.9. The SMILES string of the molecule is CC(=O)N[C@@H](Cc1c[nH]c2ccccc12)C(=O)OCc1ncc(-c2ccccc2)o1. The average Bonchev–Trinajstić information content (AvgIpc) is 3.39. The molecule has 0 aliphatic heterocycles. The maximum atomic E-state index is 12.7. The van der Waals surface area contributed by atoms with E-state index in [1.807, 2.05) is 60.8 Å². The summed E-state index contributed by atoms with van der Waals surface area (Å²) in [5.74, 6) is 0.0314. The molecular weight excluding hydrogens is 382 g/mol. The van der Waals surface area contributed by atoms with E-state index >= 15 is 0 Å². The van der Waals surface area contributed by atoms with E-state index in [4.69, 9.17) is 9.15 Å². The second kappa shape index (κ2) is 8.65. The van der Waals surface area contributed by atoms with Gasteiger partial charge in [-0.25, -0.2) is 9.78 Å². The van der Waals surface area contributed by atoms with Gasteiger partial charge in [0.15, 0.2) is 12.4 Å². The Morgan fingerprint density at radius 2 is 1.90 bits per heavy atom. The molecule has 0 fully saturated rings. The summed E-state index contributed by atoms with van der Waals surface area (Å²) in [5.41, 5.74) is 2.78. The highest BCUT2D eigenvalue weighted by Crippen LogP contribution is 2.21. The number of amides is 1. The monoisotopic (exact) mass is 403 g/mol. The van der Waals surface area contributed by atoms with Crippen LogP contribution >= 0.6 is 0 Å². The van der Waals surface area contributed by atoms with Crippen molar-refractivity contribution in [2.24, 2.45) is 0 Å². The zero-order valence-corrected chi connectivity index (χ0v) is 16.4. The average molecular weight is 403 g/mol. The van der Waals surface area contributed by atoms with E-state index in [1.165, 1.54) is 6.92 Å². The second-order valence-corrected chi connectivity index (χ2v) is 6.91. The lowest BCUT2D eigenvalue weighted by Crippen LogP contribution is -2.42. The molecule has 7 heteroatoms. The molecule has 0 saturated heterocycles. The van der Waals surface area contributed by atoms with Gasteiger partial charge in [0.05, 0.1) is 6.20 Å². The Morgan fingerprint density at radius 1 is 1.13 bits per heavy atom. The first-order valence-corrected chi connectivity index (χ1v) is 9.59. The lowest BCUT2D eigenvalue weighted by molar-refractivity contribution is -0.149. The largest absolute Gasteiger partial charge is 0.454 e. The predicted molar refractivity (Wildman–Crippen MR) is 111 cm³/mol. The molecule has 0 spiro atoms. The van der Waals surface area contributed by atoms with Crippen LogP contribution in [0.2, 0.25) is 0 Å². The number of benzene rings is 2. The van der Waals surface area contributed by atoms with Gasteiger partial charge in [-0.2, -0.15) is 0 Å². The number of hydrogen-bond acceptors (Lipinski definition) is 5. The molecule has 2 aromatic carbocycles. The minimum atomic E-state index is -0.815. The number of ether oxygens (including phenoxy) is 1. The van der Waals surface area contributed by atoms with E-state index in [1.54, 1.807) is 6.20 Å². The summed E-state index contributed by atoms with van der Waals surface area (Å²) in [4.78, 5) is 31.6. The Bertz CT molecular complexity index is 1160. The van der Waals surface area contributed by atoms with Crippen molar-refractivity contribution in [1.82, 2.24) is 15.3 Å². The molecule has 0 saturated carbocycles. The molecule has 0 bridgehead atoms. The molecule has 0 unspecified atom stereocenters. The molecule has 0 aliphatic carbocycles. The summed E-state index contributed by atoms with van der Waals surface area (Å²) in [6.45, 7) is 1.26. The van der Waals surface area contributed by atoms with Crippen LogP contribution in [0.3, 0.4) is 0 Å². The predicted octanol–water partition coefficient (Wildman–Crippen LogP) is 3.61. The highest BCUT2D eigenvalue weighted by Gasteiger charge is 2.23. The van der Waals surface area contributed by atoms with Crippen LogP contribution in [0.4, 0.5) is 0 Å². The van der Waals surface area contributed by atoms with E-state index in [9.17, 15) is 9.59 Å². The van der Waals surface area contributed by atoms with Crippen molar-refractivity contribution in [3.05, 3.63) is 78.4 Å². The summed E-state index contributed by atoms with van der Waals surface area (Å²) >= 11 is 0. The van der Waals surface area contributed by atoms with Gasteiger partial charge in [0.1, 0.15) is 6.04 Å². The Hall–Kier alpha value is -3.87. The first kappa shape index (κ1) is 19.4. The molecule has 2 aromatic heterocycles. The van der Waals surface area contributed by atoms with Gasteiger partial charge >= 0.3 is 5.97 Å². The number of hydrogen-bond donors (Lipinski definition) is 2. The van der Waals surface area contributed by atoms with Crippen LogP contribution in [-0.2, 0) is 27.4 Å². The molecule has 2 N–H and O–H groups in total. The van der Waals surface area contributed by atoms with Crippen LogP contribution in [0.5, 0.6) is 0 Å². The number of aromatic amines is 1. The van der Waals surface area contributed by atoms with Gasteiger partial charge in [-0.3, -0.25) is 4.79 Å². The van der Waals surface area contributed by atoms with Gasteiger partial charge in [-0.15, -0.1) is 0 Å².